The van der Waals surface area contributed by atoms with E-state index in [1.54, 1.807) is 17.9 Å². The van der Waals surface area contributed by atoms with Crippen LogP contribution in [0.5, 0.6) is 11.5 Å². The molecule has 2 rings (SSSR count). The molecule has 160 valence electrons. The van der Waals surface area contributed by atoms with Crippen LogP contribution in [-0.4, -0.2) is 58.1 Å². The van der Waals surface area contributed by atoms with E-state index in [1.165, 1.54) is 12.1 Å². The van der Waals surface area contributed by atoms with Crippen LogP contribution in [0.1, 0.15) is 33.1 Å². The van der Waals surface area contributed by atoms with Gasteiger partial charge in [0.2, 0.25) is 15.9 Å². The van der Waals surface area contributed by atoms with E-state index in [-0.39, 0.29) is 35.8 Å². The van der Waals surface area contributed by atoms with Gasteiger partial charge in [0.15, 0.2) is 11.5 Å². The molecule has 1 aromatic carbocycles. The second kappa shape index (κ2) is 11.5. The molecule has 0 spiro atoms. The molecular formula is C18H30ClN3O5S. The van der Waals surface area contributed by atoms with E-state index in [2.05, 4.69) is 4.72 Å². The van der Waals surface area contributed by atoms with Crippen molar-refractivity contribution in [1.29, 1.82) is 0 Å². The van der Waals surface area contributed by atoms with Crippen molar-refractivity contribution in [1.82, 2.24) is 9.62 Å². The molecule has 1 atom stereocenters. The first-order chi connectivity index (χ1) is 12.9. The lowest BCUT2D eigenvalue weighted by Gasteiger charge is -2.35. The van der Waals surface area contributed by atoms with Gasteiger partial charge >= 0.3 is 0 Å². The quantitative estimate of drug-likeness (QED) is 0.608. The topological polar surface area (TPSA) is 111 Å². The molecule has 10 heteroatoms. The van der Waals surface area contributed by atoms with Crippen molar-refractivity contribution in [2.24, 2.45) is 5.73 Å². The number of carbonyl (C=O) groups excluding carboxylic acids is 1. The molecule has 1 amide bonds. The summed E-state index contributed by atoms with van der Waals surface area (Å²) in [5.74, 6) is 0.575. The molecule has 0 saturated carbocycles. The molecule has 28 heavy (non-hydrogen) atoms. The third kappa shape index (κ3) is 6.23. The summed E-state index contributed by atoms with van der Waals surface area (Å²) in [5.41, 5.74) is 5.73. The number of carbonyl (C=O) groups is 1. The van der Waals surface area contributed by atoms with Gasteiger partial charge in [-0.3, -0.25) is 4.79 Å². The number of piperidine rings is 1. The lowest BCUT2D eigenvalue weighted by atomic mass is 10.0. The number of hydrogen-bond donors (Lipinski definition) is 2. The van der Waals surface area contributed by atoms with Crippen molar-refractivity contribution < 1.29 is 22.7 Å². The number of sulfonamides is 1. The van der Waals surface area contributed by atoms with Crippen LogP contribution in [0.4, 0.5) is 0 Å². The summed E-state index contributed by atoms with van der Waals surface area (Å²) in [5, 5.41) is 0. The summed E-state index contributed by atoms with van der Waals surface area (Å²) in [6.07, 6.45) is 2.79. The van der Waals surface area contributed by atoms with Crippen molar-refractivity contribution in [3.63, 3.8) is 0 Å². The fraction of sp³-hybridized carbons (Fsp3) is 0.611. The standard InChI is InChI=1S/C18H29N3O5S.ClH/c1-3-25-16-9-8-15(11-17(16)26-4-2)27(23,24)20-13-18(22)21-10-6-5-7-14(21)12-19;/h8-9,11,14,20H,3-7,10,12-13,19H2,1-2H3;1H. The average Bonchev–Trinajstić information content (AvgIpc) is 2.67. The third-order valence-corrected chi connectivity index (χ3v) is 5.86. The molecule has 1 aliphatic heterocycles. The molecule has 1 saturated heterocycles. The molecule has 1 aliphatic rings. The zero-order valence-corrected chi connectivity index (χ0v) is 18.0. The molecular weight excluding hydrogens is 406 g/mol. The number of hydrogen-bond acceptors (Lipinski definition) is 6. The Morgan fingerprint density at radius 2 is 1.89 bits per heavy atom. The van der Waals surface area contributed by atoms with Gasteiger partial charge < -0.3 is 20.1 Å². The normalized spacial score (nSPS) is 17.0. The largest absolute Gasteiger partial charge is 0.490 e. The Morgan fingerprint density at radius 1 is 1.21 bits per heavy atom. The van der Waals surface area contributed by atoms with Crippen molar-refractivity contribution in [2.75, 3.05) is 32.8 Å². The van der Waals surface area contributed by atoms with Gasteiger partial charge in [-0.25, -0.2) is 13.1 Å². The van der Waals surface area contributed by atoms with E-state index in [0.717, 1.165) is 19.3 Å². The maximum Gasteiger partial charge on any atom is 0.241 e. The van der Waals surface area contributed by atoms with Gasteiger partial charge in [-0.05, 0) is 45.2 Å². The van der Waals surface area contributed by atoms with Crippen LogP contribution < -0.4 is 19.9 Å². The predicted octanol–water partition coefficient (Wildman–Crippen LogP) is 1.52. The first kappa shape index (κ1) is 24.5. The molecule has 0 aliphatic carbocycles. The maximum absolute atomic E-state index is 12.6. The lowest BCUT2D eigenvalue weighted by Crippen LogP contribution is -2.50. The zero-order valence-electron chi connectivity index (χ0n) is 16.3. The molecule has 8 nitrogen and oxygen atoms in total. The Balaban J connectivity index is 0.00000392. The summed E-state index contributed by atoms with van der Waals surface area (Å²) in [6.45, 7) is 5.16. The van der Waals surface area contributed by atoms with Crippen LogP contribution in [0.15, 0.2) is 23.1 Å². The maximum atomic E-state index is 12.6. The first-order valence-corrected chi connectivity index (χ1v) is 10.8. The van der Waals surface area contributed by atoms with E-state index in [4.69, 9.17) is 15.2 Å². The second-order valence-corrected chi connectivity index (χ2v) is 8.04. The van der Waals surface area contributed by atoms with E-state index in [0.29, 0.717) is 37.8 Å². The van der Waals surface area contributed by atoms with Crippen LogP contribution >= 0.6 is 12.4 Å². The number of halogens is 1. The van der Waals surface area contributed by atoms with Gasteiger partial charge in [0, 0.05) is 25.2 Å². The number of amides is 1. The number of rotatable bonds is 9. The first-order valence-electron chi connectivity index (χ1n) is 9.31. The third-order valence-electron chi connectivity index (χ3n) is 4.46. The molecule has 1 unspecified atom stereocenters. The summed E-state index contributed by atoms with van der Waals surface area (Å²) >= 11 is 0. The minimum atomic E-state index is -3.86. The number of nitrogens with one attached hydrogen (secondary N) is 1. The highest BCUT2D eigenvalue weighted by molar-refractivity contribution is 7.89. The highest BCUT2D eigenvalue weighted by Gasteiger charge is 2.27. The highest BCUT2D eigenvalue weighted by Crippen LogP contribution is 2.30. The summed E-state index contributed by atoms with van der Waals surface area (Å²) in [7, 11) is -3.86. The summed E-state index contributed by atoms with van der Waals surface area (Å²) in [6, 6.07) is 4.38. The van der Waals surface area contributed by atoms with Crippen LogP contribution in [0.2, 0.25) is 0 Å². The van der Waals surface area contributed by atoms with Crippen LogP contribution in [0, 0.1) is 0 Å². The Hall–Kier alpha value is -1.55. The van der Waals surface area contributed by atoms with Crippen LogP contribution in [0.25, 0.3) is 0 Å². The predicted molar refractivity (Wildman–Crippen MR) is 110 cm³/mol. The molecule has 0 bridgehead atoms. The molecule has 1 aromatic rings. The smallest absolute Gasteiger partial charge is 0.241 e. The number of benzene rings is 1. The monoisotopic (exact) mass is 435 g/mol. The van der Waals surface area contributed by atoms with E-state index >= 15 is 0 Å². The fourth-order valence-electron chi connectivity index (χ4n) is 3.11. The number of ether oxygens (including phenoxy) is 2. The van der Waals surface area contributed by atoms with Gasteiger partial charge in [-0.15, -0.1) is 12.4 Å². The number of nitrogens with two attached hydrogens (primary N) is 1. The van der Waals surface area contributed by atoms with Gasteiger partial charge in [0.05, 0.1) is 24.7 Å². The van der Waals surface area contributed by atoms with E-state index in [1.807, 2.05) is 6.92 Å². The van der Waals surface area contributed by atoms with E-state index < -0.39 is 10.0 Å². The minimum Gasteiger partial charge on any atom is -0.490 e. The molecule has 1 fully saturated rings. The van der Waals surface area contributed by atoms with Gasteiger partial charge in [0.25, 0.3) is 0 Å². The zero-order chi connectivity index (χ0) is 19.9. The summed E-state index contributed by atoms with van der Waals surface area (Å²) in [4.78, 5) is 14.2. The molecule has 1 heterocycles. The lowest BCUT2D eigenvalue weighted by molar-refractivity contribution is -0.133. The van der Waals surface area contributed by atoms with Gasteiger partial charge in [0.1, 0.15) is 0 Å². The van der Waals surface area contributed by atoms with E-state index in [9.17, 15) is 13.2 Å². The van der Waals surface area contributed by atoms with Crippen molar-refractivity contribution >= 4 is 28.3 Å². The average molecular weight is 436 g/mol. The fourth-order valence-corrected chi connectivity index (χ4v) is 4.10. The van der Waals surface area contributed by atoms with Gasteiger partial charge in [-0.1, -0.05) is 0 Å². The SMILES string of the molecule is CCOc1ccc(S(=O)(=O)NCC(=O)N2CCCCC2CN)cc1OCC.Cl. The van der Waals surface area contributed by atoms with Crippen molar-refractivity contribution in [3.8, 4) is 11.5 Å². The molecule has 3 N–H and O–H groups in total. The van der Waals surface area contributed by atoms with Crippen molar-refractivity contribution in [3.05, 3.63) is 18.2 Å². The number of likely N-dealkylation sites (tertiary alicyclic amines) is 1. The Kier molecular flexibility index (Phi) is 10.0. The summed E-state index contributed by atoms with van der Waals surface area (Å²) < 4.78 is 38.5. The highest BCUT2D eigenvalue weighted by atomic mass is 35.5. The van der Waals surface area contributed by atoms with Crippen molar-refractivity contribution in [2.45, 2.75) is 44.0 Å². The van der Waals surface area contributed by atoms with Crippen LogP contribution in [-0.2, 0) is 14.8 Å². The minimum absolute atomic E-state index is 0. The number of nitrogens with zero attached hydrogens (tertiary/aromatic N) is 1. The molecule has 0 radical (unpaired) electrons. The Labute approximate surface area is 173 Å². The Bertz CT molecular complexity index is 745. The van der Waals surface area contributed by atoms with Crippen LogP contribution in [0.3, 0.4) is 0 Å². The second-order valence-electron chi connectivity index (χ2n) is 6.27. The molecule has 0 aromatic heterocycles. The Morgan fingerprint density at radius 3 is 2.54 bits per heavy atom. The van der Waals surface area contributed by atoms with Gasteiger partial charge in [-0.2, -0.15) is 0 Å².